The summed E-state index contributed by atoms with van der Waals surface area (Å²) in [6, 6.07) is 7.74. The molecule has 2 atom stereocenters. The van der Waals surface area contributed by atoms with Gasteiger partial charge in [0.15, 0.2) is 0 Å². The number of nitrogens with zero attached hydrogens (tertiary/aromatic N) is 1. The van der Waals surface area contributed by atoms with Crippen LogP contribution in [-0.2, 0) is 9.53 Å². The van der Waals surface area contributed by atoms with Crippen LogP contribution in [0.4, 0.5) is 0 Å². The van der Waals surface area contributed by atoms with Gasteiger partial charge in [-0.15, -0.1) is 0 Å². The fourth-order valence-electron chi connectivity index (χ4n) is 2.13. The predicted molar refractivity (Wildman–Crippen MR) is 73.1 cm³/mol. The van der Waals surface area contributed by atoms with Crippen molar-refractivity contribution < 1.29 is 9.53 Å². The number of halogens is 1. The maximum Gasteiger partial charge on any atom is 0.234 e. The minimum absolute atomic E-state index is 0.0175. The van der Waals surface area contributed by atoms with Gasteiger partial charge in [0.1, 0.15) is 0 Å². The number of benzene rings is 1. The van der Waals surface area contributed by atoms with Crippen LogP contribution < -0.4 is 5.73 Å². The Morgan fingerprint density at radius 2 is 2.28 bits per heavy atom. The minimum atomic E-state index is -0.289. The second kappa shape index (κ2) is 5.82. The van der Waals surface area contributed by atoms with Crippen molar-refractivity contribution >= 4 is 21.8 Å². The monoisotopic (exact) mass is 312 g/mol. The van der Waals surface area contributed by atoms with E-state index in [0.717, 1.165) is 16.6 Å². The van der Waals surface area contributed by atoms with Gasteiger partial charge in [0.25, 0.3) is 0 Å². The molecule has 0 saturated carbocycles. The molecule has 0 bridgehead atoms. The summed E-state index contributed by atoms with van der Waals surface area (Å²) in [5, 5.41) is 0. The fraction of sp³-hybridized carbons (Fsp3) is 0.462. The summed E-state index contributed by atoms with van der Waals surface area (Å²) in [7, 11) is 0. The van der Waals surface area contributed by atoms with Crippen LogP contribution in [0, 0.1) is 0 Å². The van der Waals surface area contributed by atoms with Gasteiger partial charge < -0.3 is 10.5 Å². The van der Waals surface area contributed by atoms with Crippen LogP contribution in [0.5, 0.6) is 0 Å². The lowest BCUT2D eigenvalue weighted by Gasteiger charge is -2.36. The molecule has 0 radical (unpaired) electrons. The Bertz CT molecular complexity index is 439. The minimum Gasteiger partial charge on any atom is -0.371 e. The SMILES string of the molecule is C[C@H](C(N)=O)N1CCO[C@H](c2ccccc2Br)C1. The highest BCUT2D eigenvalue weighted by Gasteiger charge is 2.28. The molecule has 2 N–H and O–H groups in total. The van der Waals surface area contributed by atoms with Gasteiger partial charge in [0, 0.05) is 17.6 Å². The summed E-state index contributed by atoms with van der Waals surface area (Å²) < 4.78 is 6.81. The maximum absolute atomic E-state index is 11.2. The molecule has 0 aliphatic carbocycles. The Morgan fingerprint density at radius 3 is 2.94 bits per heavy atom. The average molecular weight is 313 g/mol. The molecule has 1 heterocycles. The van der Waals surface area contributed by atoms with E-state index in [2.05, 4.69) is 20.8 Å². The van der Waals surface area contributed by atoms with Crippen molar-refractivity contribution in [1.82, 2.24) is 4.90 Å². The van der Waals surface area contributed by atoms with Crippen molar-refractivity contribution in [1.29, 1.82) is 0 Å². The topological polar surface area (TPSA) is 55.6 Å². The highest BCUT2D eigenvalue weighted by atomic mass is 79.9. The van der Waals surface area contributed by atoms with Crippen molar-refractivity contribution in [3.63, 3.8) is 0 Å². The van der Waals surface area contributed by atoms with Crippen molar-refractivity contribution in [2.24, 2.45) is 5.73 Å². The van der Waals surface area contributed by atoms with E-state index in [1.807, 2.05) is 31.2 Å². The van der Waals surface area contributed by atoms with E-state index in [1.165, 1.54) is 0 Å². The zero-order valence-corrected chi connectivity index (χ0v) is 11.9. The number of hydrogen-bond donors (Lipinski definition) is 1. The number of hydrogen-bond acceptors (Lipinski definition) is 3. The number of nitrogens with two attached hydrogens (primary N) is 1. The third-order valence-electron chi connectivity index (χ3n) is 3.31. The van der Waals surface area contributed by atoms with E-state index in [9.17, 15) is 4.79 Å². The van der Waals surface area contributed by atoms with Crippen LogP contribution in [0.1, 0.15) is 18.6 Å². The molecule has 98 valence electrons. The average Bonchev–Trinajstić information content (AvgIpc) is 2.38. The summed E-state index contributed by atoms with van der Waals surface area (Å²) >= 11 is 3.53. The van der Waals surface area contributed by atoms with Gasteiger partial charge in [-0.3, -0.25) is 9.69 Å². The molecule has 1 aromatic rings. The summed E-state index contributed by atoms with van der Waals surface area (Å²) in [5.41, 5.74) is 6.46. The molecule has 18 heavy (non-hydrogen) atoms. The van der Waals surface area contributed by atoms with Gasteiger partial charge in [-0.2, -0.15) is 0 Å². The van der Waals surface area contributed by atoms with Gasteiger partial charge in [-0.05, 0) is 18.6 Å². The van der Waals surface area contributed by atoms with E-state index in [1.54, 1.807) is 0 Å². The first-order valence-electron chi connectivity index (χ1n) is 5.99. The van der Waals surface area contributed by atoms with Crippen molar-refractivity contribution in [2.75, 3.05) is 19.7 Å². The molecule has 1 saturated heterocycles. The molecule has 1 fully saturated rings. The summed E-state index contributed by atoms with van der Waals surface area (Å²) in [5.74, 6) is -0.289. The van der Waals surface area contributed by atoms with Crippen LogP contribution in [0.2, 0.25) is 0 Å². The molecule has 1 amide bonds. The third-order valence-corrected chi connectivity index (χ3v) is 4.03. The van der Waals surface area contributed by atoms with Gasteiger partial charge in [-0.1, -0.05) is 34.1 Å². The molecule has 1 aliphatic rings. The molecule has 1 aliphatic heterocycles. The van der Waals surface area contributed by atoms with Crippen LogP contribution in [-0.4, -0.2) is 36.5 Å². The molecular weight excluding hydrogens is 296 g/mol. The summed E-state index contributed by atoms with van der Waals surface area (Å²) in [6.07, 6.45) is -0.0175. The van der Waals surface area contributed by atoms with Crippen LogP contribution in [0.25, 0.3) is 0 Å². The van der Waals surface area contributed by atoms with E-state index >= 15 is 0 Å². The lowest BCUT2D eigenvalue weighted by molar-refractivity contribution is -0.126. The fourth-order valence-corrected chi connectivity index (χ4v) is 2.67. The standard InChI is InChI=1S/C13H17BrN2O2/c1-9(13(15)17)16-6-7-18-12(8-16)10-4-2-3-5-11(10)14/h2-5,9,12H,6-8H2,1H3,(H2,15,17)/t9-,12+/m1/s1. The predicted octanol–water partition coefficient (Wildman–Crippen LogP) is 1.70. The highest BCUT2D eigenvalue weighted by Crippen LogP contribution is 2.29. The van der Waals surface area contributed by atoms with E-state index < -0.39 is 0 Å². The molecule has 0 unspecified atom stereocenters. The van der Waals surface area contributed by atoms with Gasteiger partial charge in [0.2, 0.25) is 5.91 Å². The highest BCUT2D eigenvalue weighted by molar-refractivity contribution is 9.10. The quantitative estimate of drug-likeness (QED) is 0.924. The van der Waals surface area contributed by atoms with Crippen LogP contribution >= 0.6 is 15.9 Å². The largest absolute Gasteiger partial charge is 0.371 e. The lowest BCUT2D eigenvalue weighted by atomic mass is 10.1. The zero-order chi connectivity index (χ0) is 13.1. The van der Waals surface area contributed by atoms with Gasteiger partial charge in [0.05, 0.1) is 18.8 Å². The lowest BCUT2D eigenvalue weighted by Crippen LogP contribution is -2.49. The van der Waals surface area contributed by atoms with Crippen molar-refractivity contribution in [3.05, 3.63) is 34.3 Å². The van der Waals surface area contributed by atoms with Crippen molar-refractivity contribution in [2.45, 2.75) is 19.1 Å². The number of carbonyl (C=O) groups excluding carboxylic acids is 1. The Hall–Kier alpha value is -0.910. The Balaban J connectivity index is 2.12. The molecule has 4 nitrogen and oxygen atoms in total. The first kappa shape index (κ1) is 13.5. The number of rotatable bonds is 3. The first-order chi connectivity index (χ1) is 8.59. The Morgan fingerprint density at radius 1 is 1.56 bits per heavy atom. The van der Waals surface area contributed by atoms with E-state index in [0.29, 0.717) is 13.2 Å². The molecule has 0 aromatic heterocycles. The number of primary amides is 1. The van der Waals surface area contributed by atoms with Gasteiger partial charge in [-0.25, -0.2) is 0 Å². The number of amides is 1. The molecule has 2 rings (SSSR count). The normalized spacial score (nSPS) is 22.7. The molecule has 5 heteroatoms. The maximum atomic E-state index is 11.2. The number of carbonyl (C=O) groups is 1. The van der Waals surface area contributed by atoms with E-state index in [4.69, 9.17) is 10.5 Å². The van der Waals surface area contributed by atoms with Crippen LogP contribution in [0.15, 0.2) is 28.7 Å². The second-order valence-corrected chi connectivity index (χ2v) is 5.31. The Labute approximate surface area is 115 Å². The second-order valence-electron chi connectivity index (χ2n) is 4.45. The molecular formula is C13H17BrN2O2. The molecule has 0 spiro atoms. The Kier molecular flexibility index (Phi) is 4.37. The zero-order valence-electron chi connectivity index (χ0n) is 10.3. The smallest absolute Gasteiger partial charge is 0.234 e. The number of morpholine rings is 1. The first-order valence-corrected chi connectivity index (χ1v) is 6.78. The van der Waals surface area contributed by atoms with Crippen molar-refractivity contribution in [3.8, 4) is 0 Å². The molecule has 1 aromatic carbocycles. The summed E-state index contributed by atoms with van der Waals surface area (Å²) in [6.45, 7) is 3.88. The van der Waals surface area contributed by atoms with Gasteiger partial charge >= 0.3 is 0 Å². The number of ether oxygens (including phenoxy) is 1. The third kappa shape index (κ3) is 2.91. The van der Waals surface area contributed by atoms with E-state index in [-0.39, 0.29) is 18.1 Å². The van der Waals surface area contributed by atoms with Crippen LogP contribution in [0.3, 0.4) is 0 Å². The summed E-state index contributed by atoms with van der Waals surface area (Å²) in [4.78, 5) is 13.3.